The Bertz CT molecular complexity index is 571. The molecule has 7 heteroatoms. The standard InChI is InChI=1S/C14H15ClN2O4/c15-8-1-6-11(14(19)20)12(7-8)13(18)16-9-2-4-10(17-21)5-3-9/h1-5,11-12,17,21H,6-7H2,(H,16,18)(H,19,20). The predicted octanol–water partition coefficient (Wildman–Crippen LogP) is 2.66. The van der Waals surface area contributed by atoms with E-state index in [0.717, 1.165) is 0 Å². The Labute approximate surface area is 126 Å². The lowest BCUT2D eigenvalue weighted by Crippen LogP contribution is -2.35. The zero-order valence-electron chi connectivity index (χ0n) is 11.0. The van der Waals surface area contributed by atoms with E-state index in [1.807, 2.05) is 5.48 Å². The number of carbonyl (C=O) groups excluding carboxylic acids is 1. The van der Waals surface area contributed by atoms with Crippen LogP contribution >= 0.6 is 11.6 Å². The molecule has 0 aliphatic heterocycles. The number of benzene rings is 1. The number of hydrogen-bond donors (Lipinski definition) is 4. The molecule has 0 saturated heterocycles. The molecule has 0 spiro atoms. The highest BCUT2D eigenvalue weighted by atomic mass is 35.5. The number of carbonyl (C=O) groups is 2. The highest BCUT2D eigenvalue weighted by Crippen LogP contribution is 2.32. The van der Waals surface area contributed by atoms with Gasteiger partial charge in [-0.2, -0.15) is 0 Å². The van der Waals surface area contributed by atoms with E-state index in [-0.39, 0.29) is 18.7 Å². The first-order valence-electron chi connectivity index (χ1n) is 6.39. The van der Waals surface area contributed by atoms with Gasteiger partial charge in [-0.15, -0.1) is 0 Å². The molecule has 0 bridgehead atoms. The fourth-order valence-electron chi connectivity index (χ4n) is 2.27. The van der Waals surface area contributed by atoms with Crippen molar-refractivity contribution in [1.82, 2.24) is 0 Å². The molecule has 0 fully saturated rings. The number of hydrogen-bond acceptors (Lipinski definition) is 4. The summed E-state index contributed by atoms with van der Waals surface area (Å²) in [5, 5.41) is 21.1. The number of aliphatic carboxylic acids is 1. The van der Waals surface area contributed by atoms with Crippen LogP contribution in [0.25, 0.3) is 0 Å². The minimum absolute atomic E-state index is 0.223. The van der Waals surface area contributed by atoms with E-state index >= 15 is 0 Å². The van der Waals surface area contributed by atoms with E-state index in [4.69, 9.17) is 16.8 Å². The molecule has 112 valence electrons. The first-order chi connectivity index (χ1) is 10.0. The van der Waals surface area contributed by atoms with Gasteiger partial charge in [0, 0.05) is 10.7 Å². The molecular formula is C14H15ClN2O4. The Kier molecular flexibility index (Phi) is 4.82. The van der Waals surface area contributed by atoms with Gasteiger partial charge in [-0.1, -0.05) is 17.7 Å². The van der Waals surface area contributed by atoms with Crippen molar-refractivity contribution in [2.45, 2.75) is 12.8 Å². The smallest absolute Gasteiger partial charge is 0.307 e. The summed E-state index contributed by atoms with van der Waals surface area (Å²) in [6, 6.07) is 6.37. The van der Waals surface area contributed by atoms with Crippen LogP contribution in [-0.4, -0.2) is 22.2 Å². The van der Waals surface area contributed by atoms with Gasteiger partial charge in [0.25, 0.3) is 0 Å². The van der Waals surface area contributed by atoms with E-state index in [1.165, 1.54) is 0 Å². The van der Waals surface area contributed by atoms with Crippen LogP contribution in [0, 0.1) is 11.8 Å². The molecule has 21 heavy (non-hydrogen) atoms. The highest BCUT2D eigenvalue weighted by Gasteiger charge is 2.36. The van der Waals surface area contributed by atoms with Crippen molar-refractivity contribution in [3.63, 3.8) is 0 Å². The lowest BCUT2D eigenvalue weighted by atomic mass is 9.82. The van der Waals surface area contributed by atoms with E-state index in [1.54, 1.807) is 30.3 Å². The maximum Gasteiger partial charge on any atom is 0.307 e. The largest absolute Gasteiger partial charge is 0.481 e. The van der Waals surface area contributed by atoms with Crippen molar-refractivity contribution in [3.8, 4) is 0 Å². The molecule has 0 heterocycles. The molecule has 6 nitrogen and oxygen atoms in total. The summed E-state index contributed by atoms with van der Waals surface area (Å²) < 4.78 is 0. The summed E-state index contributed by atoms with van der Waals surface area (Å²) in [6.45, 7) is 0. The number of nitrogens with one attached hydrogen (secondary N) is 2. The number of carboxylic acids is 1. The second-order valence-corrected chi connectivity index (χ2v) is 5.31. The van der Waals surface area contributed by atoms with Crippen LogP contribution in [-0.2, 0) is 9.59 Å². The zero-order valence-corrected chi connectivity index (χ0v) is 11.8. The number of amides is 1. The monoisotopic (exact) mass is 310 g/mol. The Hall–Kier alpha value is -2.05. The molecule has 2 rings (SSSR count). The Morgan fingerprint density at radius 3 is 2.33 bits per heavy atom. The molecule has 1 aromatic rings. The minimum Gasteiger partial charge on any atom is -0.481 e. The molecule has 2 unspecified atom stereocenters. The van der Waals surface area contributed by atoms with E-state index < -0.39 is 17.8 Å². The average molecular weight is 311 g/mol. The molecule has 1 aliphatic carbocycles. The summed E-state index contributed by atoms with van der Waals surface area (Å²) in [6.07, 6.45) is 2.12. The van der Waals surface area contributed by atoms with Crippen LogP contribution in [0.3, 0.4) is 0 Å². The lowest BCUT2D eigenvalue weighted by Gasteiger charge is -2.25. The van der Waals surface area contributed by atoms with Crippen LogP contribution in [0.15, 0.2) is 35.4 Å². The number of halogens is 1. The average Bonchev–Trinajstić information content (AvgIpc) is 2.47. The van der Waals surface area contributed by atoms with Gasteiger partial charge in [0.1, 0.15) is 0 Å². The van der Waals surface area contributed by atoms with Crippen LogP contribution < -0.4 is 10.8 Å². The van der Waals surface area contributed by atoms with Crippen molar-refractivity contribution in [3.05, 3.63) is 35.4 Å². The van der Waals surface area contributed by atoms with Crippen molar-refractivity contribution < 1.29 is 19.9 Å². The third-order valence-electron chi connectivity index (χ3n) is 3.43. The SMILES string of the molecule is O=C(O)C1CC=C(Cl)CC1C(=O)Nc1ccc(NO)cc1. The van der Waals surface area contributed by atoms with Gasteiger partial charge in [0.05, 0.1) is 17.5 Å². The fraction of sp³-hybridized carbons (Fsp3) is 0.286. The molecule has 1 amide bonds. The summed E-state index contributed by atoms with van der Waals surface area (Å²) >= 11 is 5.92. The van der Waals surface area contributed by atoms with Crippen molar-refractivity contribution >= 4 is 34.9 Å². The fourth-order valence-corrected chi connectivity index (χ4v) is 2.52. The third kappa shape index (κ3) is 3.74. The highest BCUT2D eigenvalue weighted by molar-refractivity contribution is 6.29. The molecule has 0 radical (unpaired) electrons. The molecule has 0 aromatic heterocycles. The van der Waals surface area contributed by atoms with E-state index in [9.17, 15) is 14.7 Å². The molecule has 0 saturated carbocycles. The lowest BCUT2D eigenvalue weighted by molar-refractivity contribution is -0.146. The number of carboxylic acid groups (broad SMARTS) is 1. The Morgan fingerprint density at radius 1 is 1.14 bits per heavy atom. The molecule has 1 aromatic carbocycles. The summed E-state index contributed by atoms with van der Waals surface area (Å²) in [5.41, 5.74) is 2.99. The molecule has 4 N–H and O–H groups in total. The van der Waals surface area contributed by atoms with Crippen LogP contribution in [0.2, 0.25) is 0 Å². The third-order valence-corrected chi connectivity index (χ3v) is 3.74. The number of allylic oxidation sites excluding steroid dienone is 2. The van der Waals surface area contributed by atoms with Crippen molar-refractivity contribution in [1.29, 1.82) is 0 Å². The first-order valence-corrected chi connectivity index (χ1v) is 6.77. The topological polar surface area (TPSA) is 98.7 Å². The van der Waals surface area contributed by atoms with Crippen LogP contribution in [0.5, 0.6) is 0 Å². The van der Waals surface area contributed by atoms with Crippen molar-refractivity contribution in [2.24, 2.45) is 11.8 Å². The summed E-state index contributed by atoms with van der Waals surface area (Å²) in [4.78, 5) is 23.5. The van der Waals surface area contributed by atoms with Gasteiger partial charge in [0.15, 0.2) is 0 Å². The molecule has 2 atom stereocenters. The zero-order chi connectivity index (χ0) is 15.4. The summed E-state index contributed by atoms with van der Waals surface area (Å²) in [7, 11) is 0. The normalized spacial score (nSPS) is 21.3. The Morgan fingerprint density at radius 2 is 1.76 bits per heavy atom. The van der Waals surface area contributed by atoms with Crippen LogP contribution in [0.4, 0.5) is 11.4 Å². The second-order valence-electron chi connectivity index (χ2n) is 4.82. The van der Waals surface area contributed by atoms with Gasteiger partial charge in [-0.05, 0) is 37.1 Å². The molecule has 1 aliphatic rings. The van der Waals surface area contributed by atoms with Gasteiger partial charge in [-0.25, -0.2) is 0 Å². The number of anilines is 2. The maximum atomic E-state index is 12.3. The van der Waals surface area contributed by atoms with E-state index in [2.05, 4.69) is 5.32 Å². The minimum atomic E-state index is -1.00. The first kappa shape index (κ1) is 15.3. The van der Waals surface area contributed by atoms with Gasteiger partial charge in [-0.3, -0.25) is 20.3 Å². The van der Waals surface area contributed by atoms with Gasteiger partial charge in [0.2, 0.25) is 5.91 Å². The maximum absolute atomic E-state index is 12.3. The van der Waals surface area contributed by atoms with E-state index in [0.29, 0.717) is 16.4 Å². The molecular weight excluding hydrogens is 296 g/mol. The Balaban J connectivity index is 2.10. The van der Waals surface area contributed by atoms with Gasteiger partial charge < -0.3 is 10.4 Å². The summed E-state index contributed by atoms with van der Waals surface area (Å²) in [5.74, 6) is -2.85. The van der Waals surface area contributed by atoms with Crippen molar-refractivity contribution in [2.75, 3.05) is 10.8 Å². The number of rotatable bonds is 4. The predicted molar refractivity (Wildman–Crippen MR) is 78.3 cm³/mol. The van der Waals surface area contributed by atoms with Gasteiger partial charge >= 0.3 is 5.97 Å². The second kappa shape index (κ2) is 6.60. The quantitative estimate of drug-likeness (QED) is 0.641. The van der Waals surface area contributed by atoms with Crippen LogP contribution in [0.1, 0.15) is 12.8 Å².